The van der Waals surface area contributed by atoms with E-state index in [0.717, 1.165) is 70.7 Å². The van der Waals surface area contributed by atoms with E-state index in [1.165, 1.54) is 0 Å². The van der Waals surface area contributed by atoms with Gasteiger partial charge in [-0.25, -0.2) is 24.6 Å². The van der Waals surface area contributed by atoms with Crippen molar-refractivity contribution in [1.82, 2.24) is 39.6 Å². The zero-order valence-electron chi connectivity index (χ0n) is 37.7. The van der Waals surface area contributed by atoms with Crippen LogP contribution in [0.5, 0.6) is 5.75 Å². The van der Waals surface area contributed by atoms with E-state index < -0.39 is 18.2 Å². The van der Waals surface area contributed by atoms with Crippen molar-refractivity contribution < 1.29 is 24.3 Å². The number of carbonyl (C=O) groups excluding carboxylic acids is 4. The number of fused-ring (bicyclic) bond motifs is 2. The van der Waals surface area contributed by atoms with Crippen LogP contribution in [0.15, 0.2) is 134 Å². The van der Waals surface area contributed by atoms with E-state index in [2.05, 4.69) is 61.2 Å². The van der Waals surface area contributed by atoms with E-state index in [1.807, 2.05) is 85.9 Å². The summed E-state index contributed by atoms with van der Waals surface area (Å²) in [7, 11) is 4.09. The van der Waals surface area contributed by atoms with Crippen LogP contribution in [-0.4, -0.2) is 128 Å². The molecule has 0 spiro atoms. The van der Waals surface area contributed by atoms with Crippen LogP contribution >= 0.6 is 0 Å². The lowest BCUT2D eigenvalue weighted by Crippen LogP contribution is -2.76. The molecule has 3 aliphatic heterocycles. The average molecular weight is 902 g/mol. The maximum Gasteiger partial charge on any atom is 0.334 e. The Morgan fingerprint density at radius 2 is 1.57 bits per heavy atom. The Balaban J connectivity index is 0.948. The normalized spacial score (nSPS) is 17.9. The Kier molecular flexibility index (Phi) is 12.9. The van der Waals surface area contributed by atoms with Crippen LogP contribution < -0.4 is 20.9 Å². The highest BCUT2D eigenvalue weighted by atomic mass is 16.3. The fourth-order valence-electron chi connectivity index (χ4n) is 9.38. The number of carbonyl (C=O) groups is 4. The van der Waals surface area contributed by atoms with Crippen molar-refractivity contribution in [1.29, 1.82) is 0 Å². The molecule has 3 aliphatic rings. The molecule has 4 N–H and O–H groups in total. The van der Waals surface area contributed by atoms with Crippen LogP contribution in [0.2, 0.25) is 0 Å². The van der Waals surface area contributed by atoms with Crippen molar-refractivity contribution >= 4 is 52.0 Å². The highest BCUT2D eigenvalue weighted by Crippen LogP contribution is 2.35. The van der Waals surface area contributed by atoms with Crippen LogP contribution in [0.25, 0.3) is 22.0 Å². The first kappa shape index (κ1) is 44.5. The first-order valence-corrected chi connectivity index (χ1v) is 22.5. The van der Waals surface area contributed by atoms with E-state index in [0.29, 0.717) is 11.4 Å². The zero-order chi connectivity index (χ0) is 46.6. The second kappa shape index (κ2) is 19.4. The number of phenols is 1. The van der Waals surface area contributed by atoms with Gasteiger partial charge in [0.2, 0.25) is 11.8 Å². The Morgan fingerprint density at radius 1 is 0.836 bits per heavy atom. The van der Waals surface area contributed by atoms with Gasteiger partial charge in [0.1, 0.15) is 23.8 Å². The molecule has 9 rings (SSSR count). The maximum atomic E-state index is 14.8. The largest absolute Gasteiger partial charge is 0.508 e. The predicted molar refractivity (Wildman–Crippen MR) is 259 cm³/mol. The van der Waals surface area contributed by atoms with E-state index in [9.17, 15) is 24.3 Å². The van der Waals surface area contributed by atoms with Crippen LogP contribution in [-0.2, 0) is 36.1 Å². The smallest absolute Gasteiger partial charge is 0.334 e. The molecule has 0 radical (unpaired) electrons. The van der Waals surface area contributed by atoms with Gasteiger partial charge in [-0.3, -0.25) is 9.59 Å². The minimum atomic E-state index is -0.923. The highest BCUT2D eigenvalue weighted by Gasteiger charge is 2.51. The lowest BCUT2D eigenvalue weighted by molar-refractivity contribution is -0.189. The number of piperazine rings is 2. The molecular weight excluding hydrogens is 847 g/mol. The number of aromatic hydroxyl groups is 1. The number of hydrogen-bond donors (Lipinski definition) is 4. The molecule has 0 aliphatic carbocycles. The predicted octanol–water partition coefficient (Wildman–Crippen LogP) is 6.08. The molecular formula is C51H55N11O5. The number of urea groups is 2. The molecule has 0 saturated carbocycles. The lowest BCUT2D eigenvalue weighted by atomic mass is 9.97. The number of hydrazine groups is 1. The van der Waals surface area contributed by atoms with Crippen molar-refractivity contribution in [3.63, 3.8) is 0 Å². The Labute approximate surface area is 389 Å². The number of rotatable bonds is 12. The van der Waals surface area contributed by atoms with Gasteiger partial charge >= 0.3 is 12.1 Å². The number of amides is 6. The van der Waals surface area contributed by atoms with Crippen LogP contribution in [0.3, 0.4) is 0 Å². The molecule has 0 bridgehead atoms. The molecule has 5 heterocycles. The number of benzene rings is 4. The third-order valence-corrected chi connectivity index (χ3v) is 12.8. The van der Waals surface area contributed by atoms with Gasteiger partial charge in [-0.05, 0) is 65.7 Å². The number of likely N-dealkylation sites (N-methyl/N-ethyl adjacent to an activating group) is 1. The summed E-state index contributed by atoms with van der Waals surface area (Å²) in [5.74, 6) is 0.478. The van der Waals surface area contributed by atoms with Crippen molar-refractivity contribution in [2.75, 3.05) is 68.4 Å². The highest BCUT2D eigenvalue weighted by molar-refractivity contribution is 6.01. The van der Waals surface area contributed by atoms with Crippen molar-refractivity contribution in [3.05, 3.63) is 151 Å². The SMILES string of the molecule is C=CCN1CC(=O)N2C(Cc3ccc(O)cc3)C(=O)N(Cc3cccc4c(-c5ccc(NC(=O)Nc6ccc(N7CCN(C)CC7)nc6)cc5)cn(C)c34)CC2N1C(=O)NCc1ccccc1. The van der Waals surface area contributed by atoms with Gasteiger partial charge in [-0.2, -0.15) is 0 Å². The summed E-state index contributed by atoms with van der Waals surface area (Å²) in [5.41, 5.74) is 6.64. The molecule has 344 valence electrons. The standard InChI is InChI=1S/C51H55N11O5/c1-4-23-60-34-47(64)61-44(28-35-13-20-41(63)21-14-35)49(65)59(33-46(61)62(60)51(67)53-29-36-9-6-5-7-10-36)31-38-11-8-12-42-43(32-57(3)48(38)42)37-15-17-39(18-16-37)54-50(66)55-40-19-22-45(52-30-40)58-26-24-56(2)25-27-58/h4-22,30,32,44,46,63H,1,23-29,31,33-34H2,2-3H3,(H,53,67)(H2,54,55,66). The number of aromatic nitrogens is 2. The number of hydrogen-bond acceptors (Lipinski definition) is 9. The summed E-state index contributed by atoms with van der Waals surface area (Å²) in [4.78, 5) is 68.7. The van der Waals surface area contributed by atoms with Gasteiger partial charge < -0.3 is 45.2 Å². The third kappa shape index (κ3) is 9.67. The second-order valence-corrected chi connectivity index (χ2v) is 17.3. The Bertz CT molecular complexity index is 2760. The van der Waals surface area contributed by atoms with Crippen LogP contribution in [0, 0.1) is 0 Å². The number of aryl methyl sites for hydroxylation is 1. The molecule has 16 heteroatoms. The first-order chi connectivity index (χ1) is 32.5. The number of para-hydroxylation sites is 1. The molecule has 6 amide bonds. The van der Waals surface area contributed by atoms with E-state index in [-0.39, 0.29) is 62.7 Å². The molecule has 2 unspecified atom stereocenters. The van der Waals surface area contributed by atoms with Crippen molar-refractivity contribution in [2.24, 2.45) is 7.05 Å². The summed E-state index contributed by atoms with van der Waals surface area (Å²) in [6.45, 7) is 8.37. The summed E-state index contributed by atoms with van der Waals surface area (Å²) >= 11 is 0. The summed E-state index contributed by atoms with van der Waals surface area (Å²) in [6.07, 6.45) is 4.75. The molecule has 2 atom stereocenters. The third-order valence-electron chi connectivity index (χ3n) is 12.8. The maximum absolute atomic E-state index is 14.8. The molecule has 67 heavy (non-hydrogen) atoms. The number of nitrogens with zero attached hydrogens (tertiary/aromatic N) is 8. The Morgan fingerprint density at radius 3 is 2.28 bits per heavy atom. The number of pyridine rings is 1. The van der Waals surface area contributed by atoms with Crippen molar-refractivity contribution in [3.8, 4) is 16.9 Å². The van der Waals surface area contributed by atoms with Crippen molar-refractivity contribution in [2.45, 2.75) is 31.7 Å². The molecule has 3 fully saturated rings. The number of anilines is 3. The zero-order valence-corrected chi connectivity index (χ0v) is 37.7. The molecule has 3 saturated heterocycles. The van der Waals surface area contributed by atoms with E-state index >= 15 is 0 Å². The quantitative estimate of drug-likeness (QED) is 0.107. The monoisotopic (exact) mass is 901 g/mol. The van der Waals surface area contributed by atoms with Gasteiger partial charge in [-0.15, -0.1) is 6.58 Å². The topological polar surface area (TPSA) is 162 Å². The van der Waals surface area contributed by atoms with Gasteiger partial charge in [0, 0.05) is 82.1 Å². The minimum absolute atomic E-state index is 0.0667. The van der Waals surface area contributed by atoms with Gasteiger partial charge in [-0.1, -0.05) is 78.9 Å². The fraction of sp³-hybridized carbons (Fsp3) is 0.275. The second-order valence-electron chi connectivity index (χ2n) is 17.3. The van der Waals surface area contributed by atoms with E-state index in [1.54, 1.807) is 56.4 Å². The summed E-state index contributed by atoms with van der Waals surface area (Å²) < 4.78 is 2.05. The fourth-order valence-corrected chi connectivity index (χ4v) is 9.38. The minimum Gasteiger partial charge on any atom is -0.508 e. The van der Waals surface area contributed by atoms with E-state index in [4.69, 9.17) is 0 Å². The van der Waals surface area contributed by atoms with Crippen LogP contribution in [0.4, 0.5) is 26.8 Å². The van der Waals surface area contributed by atoms with Gasteiger partial charge in [0.25, 0.3) is 0 Å². The van der Waals surface area contributed by atoms with Gasteiger partial charge in [0.15, 0.2) is 0 Å². The Hall–Kier alpha value is -7.69. The van der Waals surface area contributed by atoms with Gasteiger partial charge in [0.05, 0.1) is 30.5 Å². The number of nitrogens with one attached hydrogen (secondary N) is 3. The number of phenolic OH excluding ortho intramolecular Hbond substituents is 1. The summed E-state index contributed by atoms with van der Waals surface area (Å²) in [6, 6.07) is 32.0. The molecule has 4 aromatic carbocycles. The average Bonchev–Trinajstić information content (AvgIpc) is 3.68. The molecule has 16 nitrogen and oxygen atoms in total. The molecule has 2 aromatic heterocycles. The van der Waals surface area contributed by atoms with Crippen LogP contribution in [0.1, 0.15) is 16.7 Å². The molecule has 6 aromatic rings. The first-order valence-electron chi connectivity index (χ1n) is 22.5. The summed E-state index contributed by atoms with van der Waals surface area (Å²) in [5, 5.41) is 23.1. The lowest BCUT2D eigenvalue weighted by Gasteiger charge is -2.55.